The van der Waals surface area contributed by atoms with Crippen LogP contribution in [0.15, 0.2) is 41.5 Å². The number of rotatable bonds is 8. The van der Waals surface area contributed by atoms with Crippen molar-refractivity contribution < 1.29 is 9.47 Å². The fraction of sp³-hybridized carbons (Fsp3) is 0.500. The molecule has 1 aromatic heterocycles. The number of pyridine rings is 1. The van der Waals surface area contributed by atoms with E-state index in [2.05, 4.69) is 58.6 Å². The zero-order valence-electron chi connectivity index (χ0n) is 19.1. The molecule has 0 aliphatic carbocycles. The number of anilines is 1. The minimum absolute atomic E-state index is 0.125. The predicted molar refractivity (Wildman–Crippen MR) is 126 cm³/mol. The summed E-state index contributed by atoms with van der Waals surface area (Å²) < 4.78 is 11.5. The summed E-state index contributed by atoms with van der Waals surface area (Å²) in [7, 11) is 0. The zero-order chi connectivity index (χ0) is 22.1. The van der Waals surface area contributed by atoms with Gasteiger partial charge in [0.25, 0.3) is 0 Å². The summed E-state index contributed by atoms with van der Waals surface area (Å²) in [6, 6.07) is 10.4. The number of nitrogens with zero attached hydrogens (tertiary/aromatic N) is 3. The normalized spacial score (nSPS) is 14.6. The highest BCUT2D eigenvalue weighted by Crippen LogP contribution is 2.23. The Morgan fingerprint density at radius 1 is 1.19 bits per heavy atom. The molecule has 31 heavy (non-hydrogen) atoms. The van der Waals surface area contributed by atoms with Crippen molar-refractivity contribution in [1.29, 1.82) is 0 Å². The van der Waals surface area contributed by atoms with Crippen LogP contribution in [0.2, 0.25) is 0 Å². The number of benzene rings is 1. The SMILES string of the molecule is CCNC(=NCc1ccc(C)cc1OC(C)C)NCc1cccnc1N1CCOCC1. The van der Waals surface area contributed by atoms with Gasteiger partial charge in [0.2, 0.25) is 0 Å². The summed E-state index contributed by atoms with van der Waals surface area (Å²) in [6.07, 6.45) is 1.97. The highest BCUT2D eigenvalue weighted by atomic mass is 16.5. The van der Waals surface area contributed by atoms with Crippen LogP contribution in [0.25, 0.3) is 0 Å². The molecule has 168 valence electrons. The van der Waals surface area contributed by atoms with E-state index in [0.717, 1.165) is 61.5 Å². The molecule has 1 saturated heterocycles. The third-order valence-corrected chi connectivity index (χ3v) is 4.96. The monoisotopic (exact) mass is 425 g/mol. The highest BCUT2D eigenvalue weighted by Gasteiger charge is 2.16. The standard InChI is InChI=1S/C24H35N5O2/c1-5-25-24(27-16-20-9-8-19(4)15-22(20)31-18(2)3)28-17-21-7-6-10-26-23(21)29-11-13-30-14-12-29/h6-10,15,18H,5,11-14,16-17H2,1-4H3,(H2,25,27,28). The Balaban J connectivity index is 1.70. The Morgan fingerprint density at radius 3 is 2.74 bits per heavy atom. The average molecular weight is 426 g/mol. The maximum absolute atomic E-state index is 6.00. The molecular formula is C24H35N5O2. The first-order chi connectivity index (χ1) is 15.1. The number of nitrogens with one attached hydrogen (secondary N) is 2. The molecule has 1 aliphatic heterocycles. The average Bonchev–Trinajstić information content (AvgIpc) is 2.77. The second-order valence-corrected chi connectivity index (χ2v) is 7.91. The molecule has 3 rings (SSSR count). The van der Waals surface area contributed by atoms with Gasteiger partial charge < -0.3 is 25.0 Å². The van der Waals surface area contributed by atoms with Gasteiger partial charge in [-0.15, -0.1) is 0 Å². The molecular weight excluding hydrogens is 390 g/mol. The quantitative estimate of drug-likeness (QED) is 0.500. The molecule has 7 nitrogen and oxygen atoms in total. The highest BCUT2D eigenvalue weighted by molar-refractivity contribution is 5.80. The van der Waals surface area contributed by atoms with E-state index in [0.29, 0.717) is 13.1 Å². The lowest BCUT2D eigenvalue weighted by atomic mass is 10.1. The summed E-state index contributed by atoms with van der Waals surface area (Å²) in [4.78, 5) is 11.7. The molecule has 2 N–H and O–H groups in total. The summed E-state index contributed by atoms with van der Waals surface area (Å²) in [5.41, 5.74) is 3.40. The first-order valence-electron chi connectivity index (χ1n) is 11.1. The molecule has 0 atom stereocenters. The van der Waals surface area contributed by atoms with Gasteiger partial charge in [0.05, 0.1) is 25.9 Å². The van der Waals surface area contributed by atoms with Gasteiger partial charge in [-0.1, -0.05) is 18.2 Å². The fourth-order valence-corrected chi connectivity index (χ4v) is 3.47. The van der Waals surface area contributed by atoms with Crippen molar-refractivity contribution >= 4 is 11.8 Å². The number of hydrogen-bond donors (Lipinski definition) is 2. The molecule has 0 unspecified atom stereocenters. The Labute approximate surface area is 185 Å². The van der Waals surface area contributed by atoms with Crippen LogP contribution in [0.3, 0.4) is 0 Å². The van der Waals surface area contributed by atoms with Crippen molar-refractivity contribution in [1.82, 2.24) is 15.6 Å². The maximum Gasteiger partial charge on any atom is 0.191 e. The number of aromatic nitrogens is 1. The van der Waals surface area contributed by atoms with Crippen LogP contribution in [0.5, 0.6) is 5.75 Å². The van der Waals surface area contributed by atoms with E-state index in [1.54, 1.807) is 0 Å². The van der Waals surface area contributed by atoms with Crippen molar-refractivity contribution in [3.05, 3.63) is 53.2 Å². The van der Waals surface area contributed by atoms with E-state index >= 15 is 0 Å². The molecule has 0 spiro atoms. The number of aliphatic imine (C=N–C) groups is 1. The second-order valence-electron chi connectivity index (χ2n) is 7.91. The topological polar surface area (TPSA) is 71.0 Å². The molecule has 1 aliphatic rings. The fourth-order valence-electron chi connectivity index (χ4n) is 3.47. The lowest BCUT2D eigenvalue weighted by Crippen LogP contribution is -2.39. The zero-order valence-corrected chi connectivity index (χ0v) is 19.1. The Morgan fingerprint density at radius 2 is 2.00 bits per heavy atom. The summed E-state index contributed by atoms with van der Waals surface area (Å²) in [5, 5.41) is 6.80. The molecule has 1 fully saturated rings. The molecule has 0 bridgehead atoms. The van der Waals surface area contributed by atoms with Gasteiger partial charge in [-0.25, -0.2) is 9.98 Å². The molecule has 0 amide bonds. The number of guanidine groups is 1. The van der Waals surface area contributed by atoms with Gasteiger partial charge in [-0.2, -0.15) is 0 Å². The molecule has 1 aromatic carbocycles. The lowest BCUT2D eigenvalue weighted by molar-refractivity contribution is 0.122. The van der Waals surface area contributed by atoms with Crippen molar-refractivity contribution in [2.24, 2.45) is 4.99 Å². The Kier molecular flexibility index (Phi) is 8.53. The lowest BCUT2D eigenvalue weighted by Gasteiger charge is -2.29. The minimum Gasteiger partial charge on any atom is -0.491 e. The van der Waals surface area contributed by atoms with Crippen LogP contribution in [0.4, 0.5) is 5.82 Å². The number of hydrogen-bond acceptors (Lipinski definition) is 5. The van der Waals surface area contributed by atoms with E-state index in [9.17, 15) is 0 Å². The van der Waals surface area contributed by atoms with Crippen LogP contribution in [-0.2, 0) is 17.8 Å². The van der Waals surface area contributed by atoms with Gasteiger partial charge in [0.15, 0.2) is 5.96 Å². The van der Waals surface area contributed by atoms with Gasteiger partial charge >= 0.3 is 0 Å². The molecule has 7 heteroatoms. The minimum atomic E-state index is 0.125. The van der Waals surface area contributed by atoms with Gasteiger partial charge in [-0.05, 0) is 45.4 Å². The largest absolute Gasteiger partial charge is 0.491 e. The first-order valence-corrected chi connectivity index (χ1v) is 11.1. The van der Waals surface area contributed by atoms with Gasteiger partial charge in [0.1, 0.15) is 11.6 Å². The van der Waals surface area contributed by atoms with Crippen molar-refractivity contribution in [3.8, 4) is 5.75 Å². The Bertz CT molecular complexity index is 863. The van der Waals surface area contributed by atoms with Crippen LogP contribution in [0, 0.1) is 6.92 Å². The third-order valence-electron chi connectivity index (χ3n) is 4.96. The maximum atomic E-state index is 6.00. The number of aryl methyl sites for hydroxylation is 1. The van der Waals surface area contributed by atoms with E-state index < -0.39 is 0 Å². The Hall–Kier alpha value is -2.80. The molecule has 0 saturated carbocycles. The molecule has 2 aromatic rings. The smallest absolute Gasteiger partial charge is 0.191 e. The van der Waals surface area contributed by atoms with E-state index in [-0.39, 0.29) is 6.10 Å². The second kappa shape index (κ2) is 11.6. The first kappa shape index (κ1) is 22.9. The number of ether oxygens (including phenoxy) is 2. The van der Waals surface area contributed by atoms with Crippen molar-refractivity contribution in [2.45, 2.75) is 46.9 Å². The summed E-state index contributed by atoms with van der Waals surface area (Å²) >= 11 is 0. The van der Waals surface area contributed by atoms with Crippen LogP contribution in [0.1, 0.15) is 37.5 Å². The van der Waals surface area contributed by atoms with E-state index in [1.165, 1.54) is 5.56 Å². The van der Waals surface area contributed by atoms with Gasteiger partial charge in [0, 0.05) is 43.5 Å². The van der Waals surface area contributed by atoms with Crippen LogP contribution < -0.4 is 20.3 Å². The van der Waals surface area contributed by atoms with Crippen LogP contribution in [-0.4, -0.2) is 49.9 Å². The number of morpholine rings is 1. The summed E-state index contributed by atoms with van der Waals surface area (Å²) in [6.45, 7) is 13.4. The molecule has 0 radical (unpaired) electrons. The predicted octanol–water partition coefficient (Wildman–Crippen LogP) is 3.27. The third kappa shape index (κ3) is 6.85. The van der Waals surface area contributed by atoms with Crippen molar-refractivity contribution in [3.63, 3.8) is 0 Å². The van der Waals surface area contributed by atoms with Gasteiger partial charge in [-0.3, -0.25) is 0 Å². The van der Waals surface area contributed by atoms with Crippen molar-refractivity contribution in [2.75, 3.05) is 37.7 Å². The molecule has 2 heterocycles. The summed E-state index contributed by atoms with van der Waals surface area (Å²) in [5.74, 6) is 2.69. The van der Waals surface area contributed by atoms with E-state index in [1.807, 2.05) is 26.1 Å². The van der Waals surface area contributed by atoms with Crippen LogP contribution >= 0.6 is 0 Å². The van der Waals surface area contributed by atoms with E-state index in [4.69, 9.17) is 14.5 Å².